The molecule has 2 aliphatic heterocycles. The summed E-state index contributed by atoms with van der Waals surface area (Å²) >= 11 is 0. The lowest BCUT2D eigenvalue weighted by atomic mass is 10.1. The zero-order valence-corrected chi connectivity index (χ0v) is 11.5. The van der Waals surface area contributed by atoms with Crippen molar-refractivity contribution in [3.63, 3.8) is 0 Å². The van der Waals surface area contributed by atoms with E-state index in [9.17, 15) is 4.79 Å². The predicted molar refractivity (Wildman–Crippen MR) is 66.8 cm³/mol. The minimum absolute atomic E-state index is 0.0437. The molecule has 1 atom stereocenters. The summed E-state index contributed by atoms with van der Waals surface area (Å²) in [6.07, 6.45) is 5.71. The number of esters is 1. The Morgan fingerprint density at radius 2 is 2.06 bits per heavy atom. The van der Waals surface area contributed by atoms with Gasteiger partial charge in [0.1, 0.15) is 14.3 Å². The molecule has 0 amide bonds. The van der Waals surface area contributed by atoms with Gasteiger partial charge in [-0.15, -0.1) is 0 Å². The van der Waals surface area contributed by atoms with Crippen LogP contribution in [0.5, 0.6) is 0 Å². The van der Waals surface area contributed by atoms with Gasteiger partial charge in [0, 0.05) is 0 Å². The molecule has 2 rings (SSSR count). The molecule has 0 saturated carbocycles. The van der Waals surface area contributed by atoms with E-state index in [-0.39, 0.29) is 12.0 Å². The van der Waals surface area contributed by atoms with Crippen LogP contribution >= 0.6 is 0 Å². The Morgan fingerprint density at radius 3 is 2.75 bits per heavy atom. The number of nitrogens with zero attached hydrogens (tertiary/aromatic N) is 1. The molecule has 2 saturated heterocycles. The van der Waals surface area contributed by atoms with Crippen LogP contribution in [0.3, 0.4) is 0 Å². The normalized spacial score (nSPS) is 31.9. The Morgan fingerprint density at radius 1 is 1.25 bits per heavy atom. The largest absolute Gasteiger partial charge is 0.465 e. The van der Waals surface area contributed by atoms with Crippen LogP contribution in [0, 0.1) is 0 Å². The van der Waals surface area contributed by atoms with Gasteiger partial charge in [-0.1, -0.05) is 19.5 Å². The molecule has 92 valence electrons. The summed E-state index contributed by atoms with van der Waals surface area (Å²) in [6.45, 7) is 6.50. The second kappa shape index (κ2) is 4.88. The van der Waals surface area contributed by atoms with E-state index in [0.717, 1.165) is 19.4 Å². The van der Waals surface area contributed by atoms with Gasteiger partial charge in [0.15, 0.2) is 0 Å². The first-order chi connectivity index (χ1) is 7.61. The van der Waals surface area contributed by atoms with E-state index in [0.29, 0.717) is 6.61 Å². The van der Waals surface area contributed by atoms with Crippen molar-refractivity contribution in [2.75, 3.05) is 13.2 Å². The predicted octanol–water partition coefficient (Wildman–Crippen LogP) is 2.38. The van der Waals surface area contributed by atoms with Crippen LogP contribution in [0.2, 0.25) is 19.1 Å². The lowest BCUT2D eigenvalue weighted by molar-refractivity contribution is -0.149. The molecule has 4 heteroatoms. The second-order valence-electron chi connectivity index (χ2n) is 5.64. The molecule has 0 N–H and O–H groups in total. The van der Waals surface area contributed by atoms with Crippen LogP contribution in [0.4, 0.5) is 0 Å². The minimum atomic E-state index is -1.31. The summed E-state index contributed by atoms with van der Waals surface area (Å²) in [6, 6.07) is 1.40. The maximum atomic E-state index is 12.0. The number of rotatable bonds is 1. The summed E-state index contributed by atoms with van der Waals surface area (Å²) in [5.74, 6) is 0.0437. The molecule has 1 unspecified atom stereocenters. The highest BCUT2D eigenvalue weighted by Crippen LogP contribution is 2.30. The molecule has 3 nitrogen and oxygen atoms in total. The zero-order valence-electron chi connectivity index (χ0n) is 10.5. The van der Waals surface area contributed by atoms with Gasteiger partial charge in [-0.3, -0.25) is 4.79 Å². The van der Waals surface area contributed by atoms with Crippen molar-refractivity contribution < 1.29 is 9.53 Å². The van der Waals surface area contributed by atoms with E-state index >= 15 is 0 Å². The number of ether oxygens (including phenoxy) is 1. The first-order valence-electron chi connectivity index (χ1n) is 6.55. The zero-order chi connectivity index (χ0) is 11.6. The number of cyclic esters (lactones) is 1. The Labute approximate surface area is 99.2 Å². The molecule has 0 spiro atoms. The number of hydrogen-bond donors (Lipinski definition) is 0. The van der Waals surface area contributed by atoms with Gasteiger partial charge in [0.05, 0.1) is 6.61 Å². The van der Waals surface area contributed by atoms with Gasteiger partial charge in [-0.05, 0) is 38.3 Å². The number of carbonyl (C=O) groups excluding carboxylic acids is 1. The van der Waals surface area contributed by atoms with Gasteiger partial charge in [0.2, 0.25) is 0 Å². The molecular weight excluding hydrogens is 218 g/mol. The van der Waals surface area contributed by atoms with Crippen LogP contribution in [0.15, 0.2) is 0 Å². The summed E-state index contributed by atoms with van der Waals surface area (Å²) < 4.78 is 7.84. The quantitative estimate of drug-likeness (QED) is 0.521. The summed E-state index contributed by atoms with van der Waals surface area (Å²) in [4.78, 5) is 12.0. The highest BCUT2D eigenvalue weighted by Gasteiger charge is 2.41. The lowest BCUT2D eigenvalue weighted by Gasteiger charge is -2.36. The molecule has 2 aliphatic rings. The Balaban J connectivity index is 2.07. The highest BCUT2D eigenvalue weighted by molar-refractivity contribution is 6.75. The molecular formula is C12H23NO2Si. The van der Waals surface area contributed by atoms with Crippen LogP contribution in [0.25, 0.3) is 0 Å². The van der Waals surface area contributed by atoms with Crippen LogP contribution in [-0.2, 0) is 9.53 Å². The van der Waals surface area contributed by atoms with Crippen LogP contribution < -0.4 is 0 Å². The molecule has 2 heterocycles. The van der Waals surface area contributed by atoms with Crippen molar-refractivity contribution in [2.45, 2.75) is 57.3 Å². The van der Waals surface area contributed by atoms with Crippen molar-refractivity contribution in [2.24, 2.45) is 0 Å². The van der Waals surface area contributed by atoms with Gasteiger partial charge >= 0.3 is 5.97 Å². The third-order valence-corrected chi connectivity index (χ3v) is 7.65. The first kappa shape index (κ1) is 12.1. The molecule has 0 aromatic carbocycles. The summed E-state index contributed by atoms with van der Waals surface area (Å²) in [5.41, 5.74) is 0. The van der Waals surface area contributed by atoms with Crippen LogP contribution in [0.1, 0.15) is 32.1 Å². The van der Waals surface area contributed by atoms with Crippen molar-refractivity contribution in [1.29, 1.82) is 0 Å². The number of carbonyl (C=O) groups is 1. The molecule has 16 heavy (non-hydrogen) atoms. The fraction of sp³-hybridized carbons (Fsp3) is 0.917. The van der Waals surface area contributed by atoms with Crippen LogP contribution in [-0.4, -0.2) is 38.0 Å². The smallest absolute Gasteiger partial charge is 0.322 e. The van der Waals surface area contributed by atoms with Crippen molar-refractivity contribution in [3.05, 3.63) is 0 Å². The fourth-order valence-corrected chi connectivity index (χ4v) is 6.14. The molecule has 0 aromatic rings. The third-order valence-electron chi connectivity index (χ3n) is 3.98. The first-order valence-corrected chi connectivity index (χ1v) is 9.70. The van der Waals surface area contributed by atoms with Gasteiger partial charge in [0.25, 0.3) is 0 Å². The molecule has 0 aliphatic carbocycles. The Hall–Kier alpha value is -0.353. The van der Waals surface area contributed by atoms with Gasteiger partial charge in [-0.2, -0.15) is 0 Å². The second-order valence-corrected chi connectivity index (χ2v) is 10.3. The van der Waals surface area contributed by atoms with E-state index < -0.39 is 8.24 Å². The standard InChI is InChI=1S/C12H23NO2Si/c1-16(2)10-6-8-13(16)11-7-4-3-5-9-15-12(11)14/h11H,3-10H2,1-2H3. The average molecular weight is 241 g/mol. The monoisotopic (exact) mass is 241 g/mol. The van der Waals surface area contributed by atoms with Crippen molar-refractivity contribution >= 4 is 14.2 Å². The highest BCUT2D eigenvalue weighted by atomic mass is 28.3. The topological polar surface area (TPSA) is 29.5 Å². The SMILES string of the molecule is C[Si]1(C)CCCN1C1CCCCCOC1=O. The van der Waals surface area contributed by atoms with Gasteiger partial charge < -0.3 is 9.30 Å². The average Bonchev–Trinajstić information content (AvgIpc) is 2.53. The maximum Gasteiger partial charge on any atom is 0.322 e. The Kier molecular flexibility index (Phi) is 3.69. The number of hydrogen-bond acceptors (Lipinski definition) is 3. The minimum Gasteiger partial charge on any atom is -0.465 e. The molecule has 0 bridgehead atoms. The van der Waals surface area contributed by atoms with Crippen molar-refractivity contribution in [3.8, 4) is 0 Å². The lowest BCUT2D eigenvalue weighted by Crippen LogP contribution is -2.53. The molecule has 0 aromatic heterocycles. The third kappa shape index (κ3) is 2.48. The molecule has 2 fully saturated rings. The summed E-state index contributed by atoms with van der Waals surface area (Å²) in [7, 11) is -1.31. The van der Waals surface area contributed by atoms with Gasteiger partial charge in [-0.25, -0.2) is 0 Å². The van der Waals surface area contributed by atoms with E-state index in [4.69, 9.17) is 4.74 Å². The van der Waals surface area contributed by atoms with E-state index in [1.54, 1.807) is 0 Å². The summed E-state index contributed by atoms with van der Waals surface area (Å²) in [5, 5.41) is 0. The van der Waals surface area contributed by atoms with Crippen molar-refractivity contribution in [1.82, 2.24) is 4.57 Å². The Bertz CT molecular complexity index is 268. The molecule has 0 radical (unpaired) electrons. The fourth-order valence-electron chi connectivity index (χ4n) is 2.99. The van der Waals surface area contributed by atoms with E-state index in [2.05, 4.69) is 17.7 Å². The van der Waals surface area contributed by atoms with E-state index in [1.165, 1.54) is 25.3 Å². The maximum absolute atomic E-state index is 12.0. The van der Waals surface area contributed by atoms with E-state index in [1.807, 2.05) is 0 Å².